The zero-order valence-corrected chi connectivity index (χ0v) is 7.34. The monoisotopic (exact) mass is 185 g/mol. The Morgan fingerprint density at radius 2 is 2.00 bits per heavy atom. The summed E-state index contributed by atoms with van der Waals surface area (Å²) in [5.41, 5.74) is 6.93. The second kappa shape index (κ2) is 3.35. The molecule has 0 unspecified atom stereocenters. The lowest BCUT2D eigenvalue weighted by Gasteiger charge is -2.07. The third kappa shape index (κ3) is 1.72. The molecule has 0 bridgehead atoms. The van der Waals surface area contributed by atoms with Crippen molar-refractivity contribution in [3.8, 4) is 0 Å². The van der Waals surface area contributed by atoms with Gasteiger partial charge in [0.25, 0.3) is 0 Å². The summed E-state index contributed by atoms with van der Waals surface area (Å²) in [6, 6.07) is 3.11. The first-order valence-electron chi connectivity index (χ1n) is 3.44. The summed E-state index contributed by atoms with van der Waals surface area (Å²) in [6.07, 6.45) is 0. The van der Waals surface area contributed by atoms with Crippen molar-refractivity contribution in [3.05, 3.63) is 22.7 Å². The molecule has 0 amide bonds. The van der Waals surface area contributed by atoms with Gasteiger partial charge >= 0.3 is 7.12 Å². The van der Waals surface area contributed by atoms with E-state index in [-0.39, 0.29) is 5.46 Å². The molecule has 0 spiro atoms. The lowest BCUT2D eigenvalue weighted by Crippen LogP contribution is -2.32. The average molecular weight is 185 g/mol. The molecule has 0 aliphatic heterocycles. The fourth-order valence-corrected chi connectivity index (χ4v) is 1.28. The number of halogens is 1. The van der Waals surface area contributed by atoms with Gasteiger partial charge in [-0.25, -0.2) is 0 Å². The van der Waals surface area contributed by atoms with Crippen LogP contribution in [-0.2, 0) is 0 Å². The molecule has 0 radical (unpaired) electrons. The van der Waals surface area contributed by atoms with Gasteiger partial charge in [0.05, 0.1) is 0 Å². The largest absolute Gasteiger partial charge is 0.490 e. The minimum absolute atomic E-state index is 0.250. The fraction of sp³-hybridized carbons (Fsp3) is 0.143. The molecule has 0 saturated carbocycles. The van der Waals surface area contributed by atoms with Gasteiger partial charge in [-0.3, -0.25) is 0 Å². The minimum atomic E-state index is -1.57. The van der Waals surface area contributed by atoms with E-state index in [1.165, 1.54) is 6.07 Å². The predicted octanol–water partition coefficient (Wildman–Crippen LogP) is -0.0896. The van der Waals surface area contributed by atoms with Crippen LogP contribution < -0.4 is 11.2 Å². The maximum atomic E-state index is 8.87. The number of benzene rings is 1. The van der Waals surface area contributed by atoms with Crippen LogP contribution in [-0.4, -0.2) is 17.2 Å². The smallest absolute Gasteiger partial charge is 0.423 e. The Hall–Kier alpha value is -0.705. The highest BCUT2D eigenvalue weighted by atomic mass is 35.5. The van der Waals surface area contributed by atoms with Gasteiger partial charge in [-0.1, -0.05) is 11.6 Å². The molecule has 1 rings (SSSR count). The van der Waals surface area contributed by atoms with E-state index in [2.05, 4.69) is 0 Å². The molecule has 0 atom stereocenters. The first-order valence-corrected chi connectivity index (χ1v) is 3.82. The van der Waals surface area contributed by atoms with Gasteiger partial charge in [0.15, 0.2) is 0 Å². The normalized spacial score (nSPS) is 10.0. The molecule has 0 aliphatic rings. The summed E-state index contributed by atoms with van der Waals surface area (Å²) < 4.78 is 0. The fourth-order valence-electron chi connectivity index (χ4n) is 0.994. The van der Waals surface area contributed by atoms with E-state index in [1.54, 1.807) is 13.0 Å². The van der Waals surface area contributed by atoms with Crippen LogP contribution in [0.3, 0.4) is 0 Å². The molecule has 0 aliphatic carbocycles. The van der Waals surface area contributed by atoms with Crippen LogP contribution in [0.15, 0.2) is 12.1 Å². The Morgan fingerprint density at radius 1 is 1.42 bits per heavy atom. The number of rotatable bonds is 1. The molecule has 0 aromatic heterocycles. The third-order valence-corrected chi connectivity index (χ3v) is 1.88. The van der Waals surface area contributed by atoms with Crippen LogP contribution in [0, 0.1) is 6.92 Å². The molecule has 3 nitrogen and oxygen atoms in total. The number of nitrogen functional groups attached to an aromatic ring is 1. The topological polar surface area (TPSA) is 66.5 Å². The van der Waals surface area contributed by atoms with Crippen molar-refractivity contribution in [1.82, 2.24) is 0 Å². The zero-order chi connectivity index (χ0) is 9.30. The molecule has 0 saturated heterocycles. The van der Waals surface area contributed by atoms with Gasteiger partial charge in [-0.2, -0.15) is 0 Å². The summed E-state index contributed by atoms with van der Waals surface area (Å²) in [5.74, 6) is 0. The molecular weight excluding hydrogens is 176 g/mol. The molecule has 5 heteroatoms. The van der Waals surface area contributed by atoms with Crippen molar-refractivity contribution in [1.29, 1.82) is 0 Å². The van der Waals surface area contributed by atoms with Crippen LogP contribution in [0.25, 0.3) is 0 Å². The molecule has 0 heterocycles. The van der Waals surface area contributed by atoms with E-state index in [0.29, 0.717) is 10.7 Å². The van der Waals surface area contributed by atoms with Crippen molar-refractivity contribution in [2.45, 2.75) is 6.92 Å². The predicted molar refractivity (Wildman–Crippen MR) is 50.4 cm³/mol. The third-order valence-electron chi connectivity index (χ3n) is 1.66. The summed E-state index contributed by atoms with van der Waals surface area (Å²) in [5, 5.41) is 18.2. The van der Waals surface area contributed by atoms with Crippen molar-refractivity contribution in [3.63, 3.8) is 0 Å². The van der Waals surface area contributed by atoms with E-state index in [0.717, 1.165) is 5.56 Å². The number of anilines is 1. The molecule has 12 heavy (non-hydrogen) atoms. The quantitative estimate of drug-likeness (QED) is 0.423. The van der Waals surface area contributed by atoms with Gasteiger partial charge in [-0.05, 0) is 24.6 Å². The van der Waals surface area contributed by atoms with Gasteiger partial charge in [0.2, 0.25) is 0 Å². The van der Waals surface area contributed by atoms with Gasteiger partial charge in [0, 0.05) is 16.2 Å². The molecular formula is C7H9BClNO2. The summed E-state index contributed by atoms with van der Waals surface area (Å²) in [7, 11) is -1.57. The molecule has 4 N–H and O–H groups in total. The Balaban J connectivity index is 3.28. The van der Waals surface area contributed by atoms with Crippen LogP contribution in [0.1, 0.15) is 5.56 Å². The van der Waals surface area contributed by atoms with E-state index in [9.17, 15) is 0 Å². The highest BCUT2D eigenvalue weighted by Gasteiger charge is 2.16. The van der Waals surface area contributed by atoms with E-state index in [4.69, 9.17) is 27.4 Å². The van der Waals surface area contributed by atoms with Crippen molar-refractivity contribution in [2.24, 2.45) is 0 Å². The first-order chi connectivity index (χ1) is 5.52. The average Bonchev–Trinajstić information content (AvgIpc) is 1.96. The minimum Gasteiger partial charge on any atom is -0.423 e. The van der Waals surface area contributed by atoms with Crippen molar-refractivity contribution in [2.75, 3.05) is 5.73 Å². The Labute approximate surface area is 75.9 Å². The Bertz CT molecular complexity index is 304. The van der Waals surface area contributed by atoms with Crippen LogP contribution in [0.4, 0.5) is 5.69 Å². The van der Waals surface area contributed by atoms with E-state index >= 15 is 0 Å². The summed E-state index contributed by atoms with van der Waals surface area (Å²) in [4.78, 5) is 0. The molecule has 1 aromatic rings. The number of hydrogen-bond donors (Lipinski definition) is 3. The standard InChI is InChI=1S/C7H9BClNO2/c1-4-2-5(9)3-6(7(4)10)8(11)12/h2-3,11-12H,10H2,1H3. The van der Waals surface area contributed by atoms with Gasteiger partial charge < -0.3 is 15.8 Å². The lowest BCUT2D eigenvalue weighted by atomic mass is 9.78. The maximum absolute atomic E-state index is 8.87. The zero-order valence-electron chi connectivity index (χ0n) is 6.58. The maximum Gasteiger partial charge on any atom is 0.490 e. The van der Waals surface area contributed by atoms with Crippen LogP contribution in [0.5, 0.6) is 0 Å². The summed E-state index contributed by atoms with van der Waals surface area (Å²) >= 11 is 5.69. The SMILES string of the molecule is Cc1cc(Cl)cc(B(O)O)c1N. The molecule has 1 aromatic carbocycles. The van der Waals surface area contributed by atoms with E-state index in [1.807, 2.05) is 0 Å². The van der Waals surface area contributed by atoms with Gasteiger partial charge in [0.1, 0.15) is 0 Å². The second-order valence-electron chi connectivity index (χ2n) is 2.60. The van der Waals surface area contributed by atoms with Crippen LogP contribution in [0.2, 0.25) is 5.02 Å². The van der Waals surface area contributed by atoms with Crippen molar-refractivity contribution >= 4 is 29.9 Å². The highest BCUT2D eigenvalue weighted by molar-refractivity contribution is 6.61. The molecule has 64 valence electrons. The number of aryl methyl sites for hydroxylation is 1. The Kier molecular flexibility index (Phi) is 2.62. The lowest BCUT2D eigenvalue weighted by molar-refractivity contribution is 0.426. The highest BCUT2D eigenvalue weighted by Crippen LogP contribution is 2.14. The first kappa shape index (κ1) is 9.38. The van der Waals surface area contributed by atoms with Crippen LogP contribution >= 0.6 is 11.6 Å². The van der Waals surface area contributed by atoms with Gasteiger partial charge in [-0.15, -0.1) is 0 Å². The number of hydrogen-bond acceptors (Lipinski definition) is 3. The van der Waals surface area contributed by atoms with Crippen molar-refractivity contribution < 1.29 is 10.0 Å². The summed E-state index contributed by atoms with van der Waals surface area (Å²) in [6.45, 7) is 1.76. The second-order valence-corrected chi connectivity index (χ2v) is 3.04. The van der Waals surface area contributed by atoms with E-state index < -0.39 is 7.12 Å². The molecule has 0 fully saturated rings. The number of nitrogens with two attached hydrogens (primary N) is 1. The Morgan fingerprint density at radius 3 is 2.50 bits per heavy atom.